The third-order valence-corrected chi connectivity index (χ3v) is 5.58. The van der Waals surface area contributed by atoms with Crippen LogP contribution in [0.5, 0.6) is 0 Å². The molecule has 0 aromatic carbocycles. The van der Waals surface area contributed by atoms with Crippen LogP contribution < -0.4 is 0 Å². The van der Waals surface area contributed by atoms with E-state index in [-0.39, 0.29) is 0 Å². The van der Waals surface area contributed by atoms with Crippen LogP contribution in [0.2, 0.25) is 0 Å². The van der Waals surface area contributed by atoms with Crippen molar-refractivity contribution in [2.75, 3.05) is 32.7 Å². The molecule has 4 rings (SSSR count). The number of hydrogen-bond donors (Lipinski definition) is 0. The quantitative estimate of drug-likeness (QED) is 0.848. The zero-order valence-electron chi connectivity index (χ0n) is 13.0. The van der Waals surface area contributed by atoms with Crippen LogP contribution in [0.25, 0.3) is 0 Å². The highest BCUT2D eigenvalue weighted by atomic mass is 15.2. The zero-order valence-corrected chi connectivity index (χ0v) is 13.0. The number of piperidine rings is 1. The molecule has 1 aromatic heterocycles. The lowest BCUT2D eigenvalue weighted by molar-refractivity contribution is 0.0860. The van der Waals surface area contributed by atoms with Crippen molar-refractivity contribution in [1.29, 1.82) is 0 Å². The van der Waals surface area contributed by atoms with Crippen molar-refractivity contribution in [3.63, 3.8) is 0 Å². The predicted octanol–water partition coefficient (Wildman–Crippen LogP) is 2.78. The molecule has 0 bridgehead atoms. The lowest BCUT2D eigenvalue weighted by Crippen LogP contribution is -2.44. The van der Waals surface area contributed by atoms with Crippen LogP contribution in [-0.4, -0.2) is 47.5 Å². The highest BCUT2D eigenvalue weighted by molar-refractivity contribution is 5.04. The number of likely N-dealkylation sites (tertiary alicyclic amines) is 2. The minimum absolute atomic E-state index is 0.585. The van der Waals surface area contributed by atoms with Crippen molar-refractivity contribution < 1.29 is 0 Å². The van der Waals surface area contributed by atoms with Gasteiger partial charge in [0.1, 0.15) is 0 Å². The van der Waals surface area contributed by atoms with Gasteiger partial charge in [0.05, 0.1) is 5.69 Å². The summed E-state index contributed by atoms with van der Waals surface area (Å²) in [4.78, 5) is 9.90. The Morgan fingerprint density at radius 1 is 1.10 bits per heavy atom. The lowest BCUT2D eigenvalue weighted by Gasteiger charge is -2.40. The van der Waals surface area contributed by atoms with E-state index in [1.54, 1.807) is 0 Å². The summed E-state index contributed by atoms with van der Waals surface area (Å²) in [5, 5.41) is 0. The molecule has 114 valence electrons. The number of nitrogens with zero attached hydrogens (tertiary/aromatic N) is 3. The molecule has 3 nitrogen and oxygen atoms in total. The van der Waals surface area contributed by atoms with Crippen LogP contribution in [0.1, 0.15) is 37.8 Å². The molecular weight excluding hydrogens is 258 g/mol. The Kier molecular flexibility index (Phi) is 3.72. The Hall–Kier alpha value is -0.930. The van der Waals surface area contributed by atoms with Crippen LogP contribution in [0.4, 0.5) is 0 Å². The molecule has 1 atom stereocenters. The SMILES string of the molecule is c1ccc(CN2CCC[C@@]3(CCN(CC4CC4)C3)C2)nc1. The zero-order chi connectivity index (χ0) is 14.1. The minimum Gasteiger partial charge on any atom is -0.302 e. The first-order valence-electron chi connectivity index (χ1n) is 8.66. The van der Waals surface area contributed by atoms with E-state index in [2.05, 4.69) is 26.9 Å². The fourth-order valence-corrected chi connectivity index (χ4v) is 4.35. The molecule has 3 fully saturated rings. The molecule has 3 aliphatic rings. The molecular formula is C18H27N3. The van der Waals surface area contributed by atoms with E-state index < -0.39 is 0 Å². The summed E-state index contributed by atoms with van der Waals surface area (Å²) in [6.07, 6.45) is 9.10. The molecule has 0 unspecified atom stereocenters. The average Bonchev–Trinajstić information content (AvgIpc) is 3.23. The highest BCUT2D eigenvalue weighted by Gasteiger charge is 2.42. The van der Waals surface area contributed by atoms with Crippen LogP contribution >= 0.6 is 0 Å². The van der Waals surface area contributed by atoms with Crippen molar-refractivity contribution in [2.45, 2.75) is 38.6 Å². The first-order chi connectivity index (χ1) is 10.3. The van der Waals surface area contributed by atoms with Gasteiger partial charge in [0.25, 0.3) is 0 Å². The topological polar surface area (TPSA) is 19.4 Å². The van der Waals surface area contributed by atoms with Crippen LogP contribution in [0.3, 0.4) is 0 Å². The summed E-state index contributed by atoms with van der Waals surface area (Å²) >= 11 is 0. The second kappa shape index (κ2) is 5.69. The molecule has 3 heteroatoms. The van der Waals surface area contributed by atoms with E-state index in [1.807, 2.05) is 12.3 Å². The summed E-state index contributed by atoms with van der Waals surface area (Å²) in [5.74, 6) is 1.04. The number of rotatable bonds is 4. The molecule has 1 saturated carbocycles. The van der Waals surface area contributed by atoms with E-state index in [9.17, 15) is 0 Å². The van der Waals surface area contributed by atoms with Crippen molar-refractivity contribution in [3.8, 4) is 0 Å². The summed E-state index contributed by atoms with van der Waals surface area (Å²) in [6.45, 7) is 7.63. The Morgan fingerprint density at radius 2 is 2.00 bits per heavy atom. The number of aromatic nitrogens is 1. The van der Waals surface area contributed by atoms with Gasteiger partial charge in [0.15, 0.2) is 0 Å². The van der Waals surface area contributed by atoms with Crippen LogP contribution in [0.15, 0.2) is 24.4 Å². The Balaban J connectivity index is 1.36. The second-order valence-corrected chi connectivity index (χ2v) is 7.56. The maximum atomic E-state index is 4.50. The molecule has 2 saturated heterocycles. The maximum absolute atomic E-state index is 4.50. The summed E-state index contributed by atoms with van der Waals surface area (Å²) in [5.41, 5.74) is 1.81. The molecule has 0 radical (unpaired) electrons. The number of hydrogen-bond acceptors (Lipinski definition) is 3. The standard InChI is InChI=1S/C18H27N3/c1-2-9-19-17(4-1)13-20-10-3-7-18(14-20)8-11-21(15-18)12-16-5-6-16/h1-2,4,9,16H,3,5-8,10-15H2/t18-/m1/s1. The Bertz CT molecular complexity index is 471. The summed E-state index contributed by atoms with van der Waals surface area (Å²) in [7, 11) is 0. The third kappa shape index (κ3) is 3.29. The Morgan fingerprint density at radius 3 is 2.81 bits per heavy atom. The van der Waals surface area contributed by atoms with Gasteiger partial charge in [-0.15, -0.1) is 0 Å². The van der Waals surface area contributed by atoms with Crippen LogP contribution in [-0.2, 0) is 6.54 Å². The second-order valence-electron chi connectivity index (χ2n) is 7.56. The largest absolute Gasteiger partial charge is 0.302 e. The van der Waals surface area contributed by atoms with Crippen molar-refractivity contribution >= 4 is 0 Å². The lowest BCUT2D eigenvalue weighted by atomic mass is 9.79. The molecule has 21 heavy (non-hydrogen) atoms. The van der Waals surface area contributed by atoms with Gasteiger partial charge in [0, 0.05) is 32.4 Å². The number of pyridine rings is 1. The molecule has 3 heterocycles. The molecule has 0 N–H and O–H groups in total. The third-order valence-electron chi connectivity index (χ3n) is 5.58. The van der Waals surface area contributed by atoms with Gasteiger partial charge in [0.2, 0.25) is 0 Å². The van der Waals surface area contributed by atoms with Gasteiger partial charge in [-0.25, -0.2) is 0 Å². The van der Waals surface area contributed by atoms with E-state index in [1.165, 1.54) is 70.5 Å². The average molecular weight is 285 g/mol. The maximum Gasteiger partial charge on any atom is 0.0543 e. The van der Waals surface area contributed by atoms with E-state index >= 15 is 0 Å². The van der Waals surface area contributed by atoms with Gasteiger partial charge >= 0.3 is 0 Å². The van der Waals surface area contributed by atoms with Crippen LogP contribution in [0, 0.1) is 11.3 Å². The molecule has 0 amide bonds. The summed E-state index contributed by atoms with van der Waals surface area (Å²) in [6, 6.07) is 6.28. The van der Waals surface area contributed by atoms with Gasteiger partial charge in [-0.1, -0.05) is 6.07 Å². The molecule has 1 aliphatic carbocycles. The minimum atomic E-state index is 0.585. The fourth-order valence-electron chi connectivity index (χ4n) is 4.35. The van der Waals surface area contributed by atoms with Gasteiger partial charge in [-0.2, -0.15) is 0 Å². The van der Waals surface area contributed by atoms with Crippen molar-refractivity contribution in [3.05, 3.63) is 30.1 Å². The predicted molar refractivity (Wildman–Crippen MR) is 85.0 cm³/mol. The van der Waals surface area contributed by atoms with Gasteiger partial charge in [-0.3, -0.25) is 9.88 Å². The van der Waals surface area contributed by atoms with E-state index in [0.717, 1.165) is 12.5 Å². The highest BCUT2D eigenvalue weighted by Crippen LogP contribution is 2.41. The van der Waals surface area contributed by atoms with E-state index in [4.69, 9.17) is 0 Å². The molecule has 2 aliphatic heterocycles. The monoisotopic (exact) mass is 285 g/mol. The summed E-state index contributed by atoms with van der Waals surface area (Å²) < 4.78 is 0. The first kappa shape index (κ1) is 13.7. The Labute approximate surface area is 128 Å². The molecule has 1 spiro atoms. The van der Waals surface area contributed by atoms with Crippen molar-refractivity contribution in [2.24, 2.45) is 11.3 Å². The van der Waals surface area contributed by atoms with E-state index in [0.29, 0.717) is 5.41 Å². The first-order valence-corrected chi connectivity index (χ1v) is 8.66. The van der Waals surface area contributed by atoms with Gasteiger partial charge in [-0.05, 0) is 68.7 Å². The fraction of sp³-hybridized carbons (Fsp3) is 0.722. The smallest absolute Gasteiger partial charge is 0.0543 e. The molecule has 1 aromatic rings. The van der Waals surface area contributed by atoms with Gasteiger partial charge < -0.3 is 4.90 Å². The normalized spacial score (nSPS) is 31.0. The van der Waals surface area contributed by atoms with Crippen molar-refractivity contribution in [1.82, 2.24) is 14.8 Å².